The normalized spacial score (nSPS) is 10.5. The van der Waals surface area contributed by atoms with Gasteiger partial charge in [-0.05, 0) is 37.1 Å². The number of ketones is 2. The van der Waals surface area contributed by atoms with Gasteiger partial charge in [-0.3, -0.25) is 19.2 Å². The lowest BCUT2D eigenvalue weighted by Gasteiger charge is -2.17. The molecule has 150 valence electrons. The molecule has 3 aromatic carbocycles. The number of carbonyl (C=O) groups is 4. The number of benzene rings is 3. The van der Waals surface area contributed by atoms with E-state index in [0.717, 1.165) is 0 Å². The van der Waals surface area contributed by atoms with E-state index in [4.69, 9.17) is 11.5 Å². The standard InChI is InChI=1S/C24H20N2O4/c1-13(27)15-3-7-17(8-4-15)21-19(23(25)29)11-12-20(24(26)30)22(21)18-9-5-16(6-10-18)14(2)28/h3-12H,1-2H3,(H2,25,29)(H2,26,30). The Balaban J connectivity index is 2.36. The summed E-state index contributed by atoms with van der Waals surface area (Å²) in [5, 5.41) is 0. The van der Waals surface area contributed by atoms with Crippen LogP contribution >= 0.6 is 0 Å². The summed E-state index contributed by atoms with van der Waals surface area (Å²) in [6, 6.07) is 16.3. The van der Waals surface area contributed by atoms with E-state index in [0.29, 0.717) is 33.4 Å². The molecule has 4 N–H and O–H groups in total. The van der Waals surface area contributed by atoms with E-state index < -0.39 is 11.8 Å². The lowest BCUT2D eigenvalue weighted by molar-refractivity contribution is 0.0989. The third-order valence-corrected chi connectivity index (χ3v) is 4.90. The minimum atomic E-state index is -0.668. The van der Waals surface area contributed by atoms with Gasteiger partial charge >= 0.3 is 0 Å². The molecule has 6 nitrogen and oxygen atoms in total. The Kier molecular flexibility index (Phi) is 5.60. The summed E-state index contributed by atoms with van der Waals surface area (Å²) in [5.74, 6) is -1.53. The Morgan fingerprint density at radius 2 is 0.833 bits per heavy atom. The van der Waals surface area contributed by atoms with E-state index in [-0.39, 0.29) is 22.7 Å². The third kappa shape index (κ3) is 3.89. The van der Waals surface area contributed by atoms with Crippen molar-refractivity contribution in [3.8, 4) is 22.3 Å². The Bertz CT molecular complexity index is 1080. The van der Waals surface area contributed by atoms with Gasteiger partial charge in [0.25, 0.3) is 0 Å². The molecule has 3 aromatic rings. The van der Waals surface area contributed by atoms with Gasteiger partial charge in [-0.1, -0.05) is 48.5 Å². The molecule has 0 saturated heterocycles. The molecule has 0 fully saturated rings. The Morgan fingerprint density at radius 1 is 0.533 bits per heavy atom. The molecule has 0 aliphatic heterocycles. The first-order chi connectivity index (χ1) is 14.2. The molecule has 0 unspecified atom stereocenters. The van der Waals surface area contributed by atoms with Gasteiger partial charge in [-0.2, -0.15) is 0 Å². The average molecular weight is 400 g/mol. The van der Waals surface area contributed by atoms with Crippen molar-refractivity contribution >= 4 is 23.4 Å². The minimum Gasteiger partial charge on any atom is -0.366 e. The maximum Gasteiger partial charge on any atom is 0.249 e. The van der Waals surface area contributed by atoms with Crippen LogP contribution in [0.2, 0.25) is 0 Å². The van der Waals surface area contributed by atoms with Gasteiger partial charge in [0.1, 0.15) is 0 Å². The molecule has 0 heterocycles. The van der Waals surface area contributed by atoms with Crippen molar-refractivity contribution in [2.45, 2.75) is 13.8 Å². The van der Waals surface area contributed by atoms with Gasteiger partial charge < -0.3 is 11.5 Å². The fourth-order valence-corrected chi connectivity index (χ4v) is 3.36. The van der Waals surface area contributed by atoms with Crippen LogP contribution in [0.1, 0.15) is 55.3 Å². The monoisotopic (exact) mass is 400 g/mol. The second kappa shape index (κ2) is 8.13. The highest BCUT2D eigenvalue weighted by molar-refractivity contribution is 6.11. The fourth-order valence-electron chi connectivity index (χ4n) is 3.36. The van der Waals surface area contributed by atoms with E-state index in [1.807, 2.05) is 0 Å². The molecule has 0 saturated carbocycles. The summed E-state index contributed by atoms with van der Waals surface area (Å²) in [4.78, 5) is 47.6. The quantitative estimate of drug-likeness (QED) is 0.614. The Labute approximate surface area is 173 Å². The van der Waals surface area contributed by atoms with Crippen molar-refractivity contribution in [2.24, 2.45) is 11.5 Å². The largest absolute Gasteiger partial charge is 0.366 e. The van der Waals surface area contributed by atoms with Crippen LogP contribution in [0.4, 0.5) is 0 Å². The summed E-state index contributed by atoms with van der Waals surface area (Å²) in [6.45, 7) is 2.92. The van der Waals surface area contributed by atoms with E-state index >= 15 is 0 Å². The maximum atomic E-state index is 12.2. The molecule has 30 heavy (non-hydrogen) atoms. The van der Waals surface area contributed by atoms with Crippen molar-refractivity contribution in [3.63, 3.8) is 0 Å². The maximum absolute atomic E-state index is 12.2. The molecule has 0 radical (unpaired) electrons. The number of Topliss-reactive ketones (excluding diaryl/α,β-unsaturated/α-hetero) is 2. The lowest BCUT2D eigenvalue weighted by Crippen LogP contribution is -2.17. The highest BCUT2D eigenvalue weighted by Crippen LogP contribution is 2.38. The molecule has 0 aromatic heterocycles. The molecule has 2 amide bonds. The molecule has 3 rings (SSSR count). The second-order valence-electron chi connectivity index (χ2n) is 6.91. The van der Waals surface area contributed by atoms with Crippen LogP contribution in [0.3, 0.4) is 0 Å². The number of nitrogens with two attached hydrogens (primary N) is 2. The van der Waals surface area contributed by atoms with Crippen molar-refractivity contribution < 1.29 is 19.2 Å². The van der Waals surface area contributed by atoms with Crippen LogP contribution in [0.15, 0.2) is 60.7 Å². The summed E-state index contributed by atoms with van der Waals surface area (Å²) in [6.07, 6.45) is 0. The molecular weight excluding hydrogens is 380 g/mol. The Morgan fingerprint density at radius 3 is 1.07 bits per heavy atom. The highest BCUT2D eigenvalue weighted by Gasteiger charge is 2.22. The van der Waals surface area contributed by atoms with Crippen LogP contribution in [0.5, 0.6) is 0 Å². The number of carbonyl (C=O) groups excluding carboxylic acids is 4. The van der Waals surface area contributed by atoms with Gasteiger partial charge in [0, 0.05) is 33.4 Å². The van der Waals surface area contributed by atoms with Crippen molar-refractivity contribution in [1.82, 2.24) is 0 Å². The molecule has 6 heteroatoms. The van der Waals surface area contributed by atoms with E-state index in [9.17, 15) is 19.2 Å². The zero-order valence-corrected chi connectivity index (χ0v) is 16.6. The van der Waals surface area contributed by atoms with E-state index in [1.54, 1.807) is 48.5 Å². The lowest BCUT2D eigenvalue weighted by atomic mass is 9.85. The van der Waals surface area contributed by atoms with Crippen LogP contribution in [0.25, 0.3) is 22.3 Å². The summed E-state index contributed by atoms with van der Waals surface area (Å²) >= 11 is 0. The fraction of sp³-hybridized carbons (Fsp3) is 0.0833. The predicted octanol–water partition coefficient (Wildman–Crippen LogP) is 3.62. The Hall–Kier alpha value is -4.06. The number of amides is 2. The van der Waals surface area contributed by atoms with E-state index in [1.165, 1.54) is 26.0 Å². The first-order valence-electron chi connectivity index (χ1n) is 9.20. The van der Waals surface area contributed by atoms with Crippen molar-refractivity contribution in [1.29, 1.82) is 0 Å². The molecule has 0 bridgehead atoms. The molecular formula is C24H20N2O4. The number of rotatable bonds is 6. The SMILES string of the molecule is CC(=O)c1ccc(-c2c(C(N)=O)ccc(C(N)=O)c2-c2ccc(C(C)=O)cc2)cc1. The summed E-state index contributed by atoms with van der Waals surface area (Å²) in [5.41, 5.74) is 14.7. The highest BCUT2D eigenvalue weighted by atomic mass is 16.1. The number of hydrogen-bond acceptors (Lipinski definition) is 4. The van der Waals surface area contributed by atoms with Crippen molar-refractivity contribution in [2.75, 3.05) is 0 Å². The zero-order valence-electron chi connectivity index (χ0n) is 16.6. The third-order valence-electron chi connectivity index (χ3n) is 4.90. The van der Waals surface area contributed by atoms with Gasteiger partial charge in [-0.15, -0.1) is 0 Å². The number of primary amides is 2. The molecule has 0 spiro atoms. The summed E-state index contributed by atoms with van der Waals surface area (Å²) < 4.78 is 0. The predicted molar refractivity (Wildman–Crippen MR) is 114 cm³/mol. The second-order valence-corrected chi connectivity index (χ2v) is 6.91. The van der Waals surface area contributed by atoms with Crippen LogP contribution < -0.4 is 11.5 Å². The van der Waals surface area contributed by atoms with Crippen molar-refractivity contribution in [3.05, 3.63) is 82.9 Å². The minimum absolute atomic E-state index is 0.0948. The van der Waals surface area contributed by atoms with Gasteiger partial charge in [0.15, 0.2) is 11.6 Å². The smallest absolute Gasteiger partial charge is 0.249 e. The molecule has 0 aliphatic carbocycles. The number of hydrogen-bond donors (Lipinski definition) is 2. The van der Waals surface area contributed by atoms with Crippen LogP contribution in [0, 0.1) is 0 Å². The van der Waals surface area contributed by atoms with E-state index in [2.05, 4.69) is 0 Å². The van der Waals surface area contributed by atoms with Crippen LogP contribution in [-0.2, 0) is 0 Å². The van der Waals surface area contributed by atoms with Gasteiger partial charge in [-0.25, -0.2) is 0 Å². The topological polar surface area (TPSA) is 120 Å². The first-order valence-corrected chi connectivity index (χ1v) is 9.20. The molecule has 0 aliphatic rings. The van der Waals surface area contributed by atoms with Gasteiger partial charge in [0.05, 0.1) is 0 Å². The molecule has 0 atom stereocenters. The first kappa shape index (κ1) is 20.7. The van der Waals surface area contributed by atoms with Gasteiger partial charge in [0.2, 0.25) is 11.8 Å². The zero-order chi connectivity index (χ0) is 22.0. The van der Waals surface area contributed by atoms with Crippen LogP contribution in [-0.4, -0.2) is 23.4 Å². The summed E-state index contributed by atoms with van der Waals surface area (Å²) in [7, 11) is 0. The average Bonchev–Trinajstić information content (AvgIpc) is 2.72.